The van der Waals surface area contributed by atoms with Gasteiger partial charge in [0.15, 0.2) is 0 Å². The number of carbonyl (C=O) groups is 3. The number of carbonyl (C=O) groups excluding carboxylic acids is 3. The van der Waals surface area contributed by atoms with Crippen molar-refractivity contribution in [1.82, 2.24) is 4.90 Å². The van der Waals surface area contributed by atoms with Crippen LogP contribution < -0.4 is 5.32 Å². The minimum Gasteiger partial charge on any atom is -0.342 e. The van der Waals surface area contributed by atoms with Crippen LogP contribution in [0.4, 0.5) is 10.1 Å². The van der Waals surface area contributed by atoms with E-state index in [9.17, 15) is 18.8 Å². The molecule has 158 valence electrons. The lowest BCUT2D eigenvalue weighted by molar-refractivity contribution is -0.136. The molecule has 5 nitrogen and oxygen atoms in total. The summed E-state index contributed by atoms with van der Waals surface area (Å²) in [5, 5.41) is 2.60. The van der Waals surface area contributed by atoms with Gasteiger partial charge in [-0.15, -0.1) is 0 Å². The zero-order valence-corrected chi connectivity index (χ0v) is 17.0. The summed E-state index contributed by atoms with van der Waals surface area (Å²) in [5.41, 5.74) is 1.51. The Labute approximate surface area is 176 Å². The van der Waals surface area contributed by atoms with Crippen molar-refractivity contribution in [2.24, 2.45) is 5.92 Å². The van der Waals surface area contributed by atoms with Crippen LogP contribution in [0.1, 0.15) is 37.7 Å². The van der Waals surface area contributed by atoms with E-state index in [4.69, 9.17) is 0 Å². The summed E-state index contributed by atoms with van der Waals surface area (Å²) >= 11 is 0. The first kappa shape index (κ1) is 21.7. The average molecular weight is 410 g/mol. The normalized spacial score (nSPS) is 16.2. The van der Waals surface area contributed by atoms with Crippen molar-refractivity contribution in [3.05, 3.63) is 66.0 Å². The van der Waals surface area contributed by atoms with E-state index in [1.54, 1.807) is 11.0 Å². The number of piperidine rings is 1. The fourth-order valence-electron chi connectivity index (χ4n) is 3.75. The largest absolute Gasteiger partial charge is 0.342 e. The Morgan fingerprint density at radius 2 is 1.80 bits per heavy atom. The molecule has 0 saturated carbocycles. The third-order valence-electron chi connectivity index (χ3n) is 5.41. The second-order valence-electron chi connectivity index (χ2n) is 7.69. The molecule has 0 radical (unpaired) electrons. The summed E-state index contributed by atoms with van der Waals surface area (Å²) in [5.74, 6) is -0.820. The van der Waals surface area contributed by atoms with Crippen molar-refractivity contribution in [2.75, 3.05) is 18.4 Å². The molecule has 1 aliphatic heterocycles. The molecule has 1 fully saturated rings. The SMILES string of the molecule is O=C(CCC(=O)N1CCCC(C(=O)CCc2ccccc2)C1)Nc1cccc(F)c1. The lowest BCUT2D eigenvalue weighted by Gasteiger charge is -2.32. The molecule has 0 bridgehead atoms. The number of amides is 2. The maximum absolute atomic E-state index is 13.2. The van der Waals surface area contributed by atoms with Gasteiger partial charge in [-0.1, -0.05) is 36.4 Å². The van der Waals surface area contributed by atoms with Crippen LogP contribution in [0.15, 0.2) is 54.6 Å². The number of nitrogens with one attached hydrogen (secondary N) is 1. The predicted molar refractivity (Wildman–Crippen MR) is 113 cm³/mol. The number of hydrogen-bond donors (Lipinski definition) is 1. The number of halogens is 1. The minimum atomic E-state index is -0.430. The van der Waals surface area contributed by atoms with E-state index >= 15 is 0 Å². The number of rotatable bonds is 8. The monoisotopic (exact) mass is 410 g/mol. The predicted octanol–water partition coefficient (Wildman–Crippen LogP) is 3.98. The Balaban J connectivity index is 1.43. The van der Waals surface area contributed by atoms with Gasteiger partial charge in [0, 0.05) is 44.0 Å². The van der Waals surface area contributed by atoms with Gasteiger partial charge in [0.1, 0.15) is 11.6 Å². The summed E-state index contributed by atoms with van der Waals surface area (Å²) in [6, 6.07) is 15.5. The Bertz CT molecular complexity index is 885. The summed E-state index contributed by atoms with van der Waals surface area (Å²) in [7, 11) is 0. The summed E-state index contributed by atoms with van der Waals surface area (Å²) in [4.78, 5) is 38.9. The summed E-state index contributed by atoms with van der Waals surface area (Å²) in [6.45, 7) is 1.05. The number of benzene rings is 2. The van der Waals surface area contributed by atoms with Gasteiger partial charge in [-0.3, -0.25) is 14.4 Å². The van der Waals surface area contributed by atoms with Crippen molar-refractivity contribution in [3.63, 3.8) is 0 Å². The maximum atomic E-state index is 13.2. The first-order valence-electron chi connectivity index (χ1n) is 10.4. The van der Waals surface area contributed by atoms with E-state index in [0.717, 1.165) is 18.4 Å². The highest BCUT2D eigenvalue weighted by Crippen LogP contribution is 2.21. The third-order valence-corrected chi connectivity index (χ3v) is 5.41. The number of nitrogens with zero attached hydrogens (tertiary/aromatic N) is 1. The number of anilines is 1. The molecule has 1 heterocycles. The average Bonchev–Trinajstić information content (AvgIpc) is 2.76. The van der Waals surface area contributed by atoms with E-state index in [1.807, 2.05) is 30.3 Å². The quantitative estimate of drug-likeness (QED) is 0.716. The molecule has 30 heavy (non-hydrogen) atoms. The van der Waals surface area contributed by atoms with E-state index in [-0.39, 0.29) is 36.4 Å². The van der Waals surface area contributed by atoms with Crippen LogP contribution in [0.5, 0.6) is 0 Å². The maximum Gasteiger partial charge on any atom is 0.224 e. The van der Waals surface area contributed by atoms with Crippen molar-refractivity contribution >= 4 is 23.3 Å². The van der Waals surface area contributed by atoms with Crippen LogP contribution >= 0.6 is 0 Å². The van der Waals surface area contributed by atoms with Crippen LogP contribution in [0.2, 0.25) is 0 Å². The van der Waals surface area contributed by atoms with Crippen molar-refractivity contribution in [3.8, 4) is 0 Å². The molecular weight excluding hydrogens is 383 g/mol. The second-order valence-corrected chi connectivity index (χ2v) is 7.69. The molecule has 0 aromatic heterocycles. The molecule has 1 saturated heterocycles. The standard InChI is InChI=1S/C24H27FN2O3/c25-20-9-4-10-21(16-20)26-23(29)13-14-24(30)27-15-5-8-19(17-27)22(28)12-11-18-6-2-1-3-7-18/h1-4,6-7,9-10,16,19H,5,8,11-15,17H2,(H,26,29). The highest BCUT2D eigenvalue weighted by molar-refractivity contribution is 5.93. The zero-order valence-electron chi connectivity index (χ0n) is 17.0. The number of hydrogen-bond acceptors (Lipinski definition) is 3. The van der Waals surface area contributed by atoms with Crippen LogP contribution in [0.3, 0.4) is 0 Å². The number of aryl methyl sites for hydroxylation is 1. The lowest BCUT2D eigenvalue weighted by atomic mass is 9.90. The van der Waals surface area contributed by atoms with Gasteiger partial charge in [0.25, 0.3) is 0 Å². The van der Waals surface area contributed by atoms with E-state index in [1.165, 1.54) is 18.2 Å². The Hall–Kier alpha value is -3.02. The van der Waals surface area contributed by atoms with E-state index in [0.29, 0.717) is 31.6 Å². The van der Waals surface area contributed by atoms with Gasteiger partial charge >= 0.3 is 0 Å². The molecule has 2 aromatic rings. The van der Waals surface area contributed by atoms with Gasteiger partial charge in [0.2, 0.25) is 11.8 Å². The lowest BCUT2D eigenvalue weighted by Crippen LogP contribution is -2.42. The topological polar surface area (TPSA) is 66.5 Å². The molecular formula is C24H27FN2O3. The molecule has 1 N–H and O–H groups in total. The second kappa shape index (κ2) is 10.7. The van der Waals surface area contributed by atoms with Crippen LogP contribution in [-0.4, -0.2) is 35.6 Å². The molecule has 2 amide bonds. The van der Waals surface area contributed by atoms with Gasteiger partial charge in [0.05, 0.1) is 0 Å². The highest BCUT2D eigenvalue weighted by atomic mass is 19.1. The van der Waals surface area contributed by atoms with Crippen molar-refractivity contribution < 1.29 is 18.8 Å². The van der Waals surface area contributed by atoms with E-state index < -0.39 is 5.82 Å². The van der Waals surface area contributed by atoms with Crippen LogP contribution in [0, 0.1) is 11.7 Å². The van der Waals surface area contributed by atoms with E-state index in [2.05, 4.69) is 5.32 Å². The van der Waals surface area contributed by atoms with Crippen LogP contribution in [-0.2, 0) is 20.8 Å². The third kappa shape index (κ3) is 6.51. The summed E-state index contributed by atoms with van der Waals surface area (Å²) in [6.07, 6.45) is 2.89. The zero-order chi connectivity index (χ0) is 21.3. The number of Topliss-reactive ketones (excluding diaryl/α,β-unsaturated/α-hetero) is 1. The van der Waals surface area contributed by atoms with Gasteiger partial charge in [-0.25, -0.2) is 4.39 Å². The van der Waals surface area contributed by atoms with Gasteiger partial charge < -0.3 is 10.2 Å². The van der Waals surface area contributed by atoms with Gasteiger partial charge in [-0.2, -0.15) is 0 Å². The molecule has 1 aliphatic rings. The number of likely N-dealkylation sites (tertiary alicyclic amines) is 1. The first-order chi connectivity index (χ1) is 14.5. The Kier molecular flexibility index (Phi) is 7.71. The van der Waals surface area contributed by atoms with Gasteiger partial charge in [-0.05, 0) is 43.0 Å². The Morgan fingerprint density at radius 3 is 2.57 bits per heavy atom. The molecule has 3 rings (SSSR count). The summed E-state index contributed by atoms with van der Waals surface area (Å²) < 4.78 is 13.2. The van der Waals surface area contributed by atoms with Crippen LogP contribution in [0.25, 0.3) is 0 Å². The molecule has 6 heteroatoms. The molecule has 1 unspecified atom stereocenters. The molecule has 0 aliphatic carbocycles. The molecule has 1 atom stereocenters. The minimum absolute atomic E-state index is 0.0263. The molecule has 2 aromatic carbocycles. The fraction of sp³-hybridized carbons (Fsp3) is 0.375. The fourth-order valence-corrected chi connectivity index (χ4v) is 3.75. The number of ketones is 1. The highest BCUT2D eigenvalue weighted by Gasteiger charge is 2.28. The van der Waals surface area contributed by atoms with Crippen molar-refractivity contribution in [1.29, 1.82) is 0 Å². The Morgan fingerprint density at radius 1 is 1.00 bits per heavy atom. The smallest absolute Gasteiger partial charge is 0.224 e. The first-order valence-corrected chi connectivity index (χ1v) is 10.4. The molecule has 0 spiro atoms. The van der Waals surface area contributed by atoms with Crippen molar-refractivity contribution in [2.45, 2.75) is 38.5 Å².